The lowest BCUT2D eigenvalue weighted by molar-refractivity contribution is -0.127. The Kier molecular flexibility index (Phi) is 1.31. The summed E-state index contributed by atoms with van der Waals surface area (Å²) in [7, 11) is 0. The fraction of sp³-hybridized carbons (Fsp3) is 0.250. The van der Waals surface area contributed by atoms with E-state index in [1.54, 1.807) is 0 Å². The van der Waals surface area contributed by atoms with E-state index in [1.807, 2.05) is 0 Å². The van der Waals surface area contributed by atoms with E-state index in [4.69, 9.17) is 0 Å². The molecule has 1 amide bonds. The Labute approximate surface area is 53.2 Å². The van der Waals surface area contributed by atoms with Crippen molar-refractivity contribution in [2.45, 2.75) is 6.18 Å². The van der Waals surface area contributed by atoms with Gasteiger partial charge < -0.3 is 0 Å². The predicted molar refractivity (Wildman–Crippen MR) is 24.0 cm³/mol. The predicted octanol–water partition coefficient (Wildman–Crippen LogP) is 1.43. The second-order valence-electron chi connectivity index (χ2n) is 1.56. The van der Waals surface area contributed by atoms with Crippen LogP contribution in [0.5, 0.6) is 0 Å². The van der Waals surface area contributed by atoms with E-state index in [1.165, 1.54) is 0 Å². The SMILES string of the molecule is O=C1N=NC=C1C(F)(F)F. The number of azo groups is 1. The Hall–Kier alpha value is -1.20. The second kappa shape index (κ2) is 1.89. The third kappa shape index (κ3) is 1.04. The molecule has 0 saturated carbocycles. The van der Waals surface area contributed by atoms with E-state index < -0.39 is 17.7 Å². The van der Waals surface area contributed by atoms with Crippen molar-refractivity contribution in [3.05, 3.63) is 11.8 Å². The van der Waals surface area contributed by atoms with Crippen molar-refractivity contribution in [1.82, 2.24) is 0 Å². The van der Waals surface area contributed by atoms with Crippen molar-refractivity contribution < 1.29 is 18.0 Å². The normalized spacial score (nSPS) is 17.9. The number of hydrogen-bond donors (Lipinski definition) is 0. The molecule has 54 valence electrons. The minimum Gasteiger partial charge on any atom is -0.265 e. The molecule has 0 N–H and O–H groups in total. The first-order valence-corrected chi connectivity index (χ1v) is 2.24. The van der Waals surface area contributed by atoms with Crippen molar-refractivity contribution in [2.24, 2.45) is 10.2 Å². The average Bonchev–Trinajstić information content (AvgIpc) is 2.11. The Morgan fingerprint density at radius 2 is 2.00 bits per heavy atom. The van der Waals surface area contributed by atoms with Gasteiger partial charge in [-0.25, -0.2) is 0 Å². The van der Waals surface area contributed by atoms with Gasteiger partial charge in [0.05, 0.1) is 6.20 Å². The minimum absolute atomic E-state index is 0.405. The molecular weight excluding hydrogens is 149 g/mol. The molecule has 0 bridgehead atoms. The van der Waals surface area contributed by atoms with Gasteiger partial charge in [-0.2, -0.15) is 18.3 Å². The maximum absolute atomic E-state index is 11.6. The second-order valence-corrected chi connectivity index (χ2v) is 1.56. The van der Waals surface area contributed by atoms with Gasteiger partial charge in [0.2, 0.25) is 0 Å². The van der Waals surface area contributed by atoms with Crippen molar-refractivity contribution >= 4 is 5.91 Å². The van der Waals surface area contributed by atoms with Gasteiger partial charge in [-0.3, -0.25) is 4.79 Å². The van der Waals surface area contributed by atoms with Gasteiger partial charge in [-0.1, -0.05) is 0 Å². The average molecular weight is 150 g/mol. The quantitative estimate of drug-likeness (QED) is 0.514. The van der Waals surface area contributed by atoms with Gasteiger partial charge >= 0.3 is 12.1 Å². The highest BCUT2D eigenvalue weighted by Gasteiger charge is 2.40. The van der Waals surface area contributed by atoms with Gasteiger partial charge in [0, 0.05) is 0 Å². The first-order chi connectivity index (χ1) is 4.52. The monoisotopic (exact) mass is 150 g/mol. The van der Waals surface area contributed by atoms with Crippen LogP contribution < -0.4 is 0 Å². The summed E-state index contributed by atoms with van der Waals surface area (Å²) in [5.41, 5.74) is -1.31. The number of rotatable bonds is 0. The first-order valence-electron chi connectivity index (χ1n) is 2.24. The number of amides is 1. The van der Waals surface area contributed by atoms with Crippen LogP contribution in [0, 0.1) is 0 Å². The fourth-order valence-electron chi connectivity index (χ4n) is 0.443. The molecule has 10 heavy (non-hydrogen) atoms. The highest BCUT2D eigenvalue weighted by Crippen LogP contribution is 2.28. The summed E-state index contributed by atoms with van der Waals surface area (Å²) in [6.07, 6.45) is -4.22. The van der Waals surface area contributed by atoms with Gasteiger partial charge in [-0.15, -0.1) is 5.11 Å². The molecule has 0 atom stereocenters. The van der Waals surface area contributed by atoms with E-state index in [2.05, 4.69) is 10.2 Å². The van der Waals surface area contributed by atoms with Gasteiger partial charge in [0.15, 0.2) is 0 Å². The molecule has 3 nitrogen and oxygen atoms in total. The van der Waals surface area contributed by atoms with Crippen LogP contribution in [0.1, 0.15) is 0 Å². The maximum Gasteiger partial charge on any atom is 0.423 e. The summed E-state index contributed by atoms with van der Waals surface area (Å²) in [4.78, 5) is 10.2. The zero-order valence-corrected chi connectivity index (χ0v) is 4.51. The van der Waals surface area contributed by atoms with E-state index in [-0.39, 0.29) is 0 Å². The van der Waals surface area contributed by atoms with E-state index in [9.17, 15) is 18.0 Å². The molecule has 0 fully saturated rings. The first kappa shape index (κ1) is 6.91. The fourth-order valence-corrected chi connectivity index (χ4v) is 0.443. The molecule has 1 rings (SSSR count). The van der Waals surface area contributed by atoms with Crippen molar-refractivity contribution in [1.29, 1.82) is 0 Å². The van der Waals surface area contributed by atoms with Crippen molar-refractivity contribution in [3.63, 3.8) is 0 Å². The maximum atomic E-state index is 11.6. The van der Waals surface area contributed by atoms with E-state index >= 15 is 0 Å². The summed E-state index contributed by atoms with van der Waals surface area (Å²) in [5.74, 6) is -1.33. The molecule has 0 unspecified atom stereocenters. The number of halogens is 3. The van der Waals surface area contributed by atoms with Crippen LogP contribution in [-0.4, -0.2) is 12.1 Å². The van der Waals surface area contributed by atoms with Crippen LogP contribution in [0.3, 0.4) is 0 Å². The molecule has 1 aliphatic heterocycles. The Balaban J connectivity index is 2.88. The Morgan fingerprint density at radius 3 is 2.20 bits per heavy atom. The number of nitrogens with zero attached hydrogens (tertiary/aromatic N) is 2. The van der Waals surface area contributed by atoms with Crippen LogP contribution >= 0.6 is 0 Å². The van der Waals surface area contributed by atoms with Crippen LogP contribution in [0.15, 0.2) is 22.0 Å². The lowest BCUT2D eigenvalue weighted by atomic mass is 10.3. The van der Waals surface area contributed by atoms with Crippen LogP contribution in [0.2, 0.25) is 0 Å². The van der Waals surface area contributed by atoms with Gasteiger partial charge in [0.1, 0.15) is 5.57 Å². The zero-order chi connectivity index (χ0) is 7.78. The van der Waals surface area contributed by atoms with Crippen LogP contribution in [-0.2, 0) is 4.79 Å². The number of carbonyl (C=O) groups is 1. The van der Waals surface area contributed by atoms with Gasteiger partial charge in [0.25, 0.3) is 0 Å². The topological polar surface area (TPSA) is 41.8 Å². The molecule has 0 spiro atoms. The summed E-state index contributed by atoms with van der Waals surface area (Å²) in [6, 6.07) is 0. The van der Waals surface area contributed by atoms with Crippen molar-refractivity contribution in [2.75, 3.05) is 0 Å². The van der Waals surface area contributed by atoms with Gasteiger partial charge in [-0.05, 0) is 0 Å². The molecule has 0 aromatic heterocycles. The largest absolute Gasteiger partial charge is 0.423 e. The highest BCUT2D eigenvalue weighted by atomic mass is 19.4. The summed E-state index contributed by atoms with van der Waals surface area (Å²) in [6.45, 7) is 0. The molecule has 6 heteroatoms. The molecule has 0 radical (unpaired) electrons. The molecule has 0 aliphatic carbocycles. The standard InChI is InChI=1S/C4HF3N2O/c5-4(6,7)2-1-8-9-3(2)10/h1H. The van der Waals surface area contributed by atoms with E-state index in [0.29, 0.717) is 6.20 Å². The number of alkyl halides is 3. The van der Waals surface area contributed by atoms with Crippen molar-refractivity contribution in [3.8, 4) is 0 Å². The molecule has 1 aliphatic rings. The highest BCUT2D eigenvalue weighted by molar-refractivity contribution is 5.96. The number of hydrogen-bond acceptors (Lipinski definition) is 2. The Morgan fingerprint density at radius 1 is 1.40 bits per heavy atom. The zero-order valence-electron chi connectivity index (χ0n) is 4.51. The smallest absolute Gasteiger partial charge is 0.265 e. The van der Waals surface area contributed by atoms with E-state index in [0.717, 1.165) is 0 Å². The Bertz CT molecular complexity index is 227. The third-order valence-electron chi connectivity index (χ3n) is 0.871. The molecule has 0 saturated heterocycles. The summed E-state index contributed by atoms with van der Waals surface area (Å²) < 4.78 is 34.8. The lowest BCUT2D eigenvalue weighted by Gasteiger charge is -2.01. The molecule has 0 aromatic carbocycles. The molecule has 0 aromatic rings. The minimum atomic E-state index is -4.62. The van der Waals surface area contributed by atoms with Crippen LogP contribution in [0.25, 0.3) is 0 Å². The summed E-state index contributed by atoms with van der Waals surface area (Å²) >= 11 is 0. The number of carbonyl (C=O) groups excluding carboxylic acids is 1. The lowest BCUT2D eigenvalue weighted by Crippen LogP contribution is -2.16. The molecule has 1 heterocycles. The van der Waals surface area contributed by atoms with Crippen LogP contribution in [0.4, 0.5) is 13.2 Å². The molecular formula is C4HF3N2O. The summed E-state index contributed by atoms with van der Waals surface area (Å²) in [5, 5.41) is 5.46. The third-order valence-corrected chi connectivity index (χ3v) is 0.871.